The maximum absolute atomic E-state index is 5.20. The van der Waals surface area contributed by atoms with Crippen molar-refractivity contribution in [2.24, 2.45) is 0 Å². The molecule has 70 heavy (non-hydrogen) atoms. The maximum atomic E-state index is 5.20. The Morgan fingerprint density at radius 3 is 1.21 bits per heavy atom. The minimum atomic E-state index is -0.0177. The second kappa shape index (κ2) is 16.9. The van der Waals surface area contributed by atoms with Crippen LogP contribution in [-0.4, -0.2) is 14.5 Å². The first-order valence-electron chi connectivity index (χ1n) is 24.9. The third-order valence-corrected chi connectivity index (χ3v) is 16.3. The average Bonchev–Trinajstić information content (AvgIpc) is 3.86. The van der Waals surface area contributed by atoms with Crippen molar-refractivity contribution < 1.29 is 21.1 Å². The van der Waals surface area contributed by atoms with Gasteiger partial charge in [0.2, 0.25) is 0 Å². The van der Waals surface area contributed by atoms with Crippen LogP contribution in [0.2, 0.25) is 0 Å². The Morgan fingerprint density at radius 2 is 0.786 bits per heavy atom. The maximum Gasteiger partial charge on any atom is 2.00 e. The fourth-order valence-electron chi connectivity index (χ4n) is 12.0. The summed E-state index contributed by atoms with van der Waals surface area (Å²) >= 11 is 0. The smallest absolute Gasteiger partial charge is 0.300 e. The number of hydrogen-bond donors (Lipinski definition) is 0. The molecule has 3 nitrogen and oxygen atoms in total. The van der Waals surface area contributed by atoms with Gasteiger partial charge in [-0.3, -0.25) is 4.98 Å². The number of fused-ring (bicyclic) bond motifs is 10. The second-order valence-electron chi connectivity index (χ2n) is 22.5. The van der Waals surface area contributed by atoms with E-state index >= 15 is 0 Å². The summed E-state index contributed by atoms with van der Waals surface area (Å²) in [6.45, 7) is 19.6. The van der Waals surface area contributed by atoms with Crippen LogP contribution in [0.15, 0.2) is 164 Å². The van der Waals surface area contributed by atoms with E-state index in [9.17, 15) is 0 Å². The molecule has 0 radical (unpaired) electrons. The normalized spacial score (nSPS) is 16.4. The van der Waals surface area contributed by atoms with Gasteiger partial charge in [-0.15, -0.1) is 71.8 Å². The molecule has 7 aromatic carbocycles. The van der Waals surface area contributed by atoms with Crippen LogP contribution in [0.1, 0.15) is 103 Å². The third-order valence-electron chi connectivity index (χ3n) is 16.3. The molecule has 4 heteroatoms. The van der Waals surface area contributed by atoms with Gasteiger partial charge in [0.25, 0.3) is 0 Å². The van der Waals surface area contributed by atoms with Gasteiger partial charge in [-0.2, -0.15) is 0 Å². The van der Waals surface area contributed by atoms with Crippen LogP contribution in [-0.2, 0) is 42.7 Å². The summed E-state index contributed by atoms with van der Waals surface area (Å²) < 4.78 is 2.24. The van der Waals surface area contributed by atoms with Crippen LogP contribution in [0.5, 0.6) is 0 Å². The largest absolute Gasteiger partial charge is 2.00 e. The molecule has 2 heterocycles. The van der Waals surface area contributed by atoms with Crippen molar-refractivity contribution in [3.8, 4) is 95.1 Å². The van der Waals surface area contributed by atoms with E-state index in [-0.39, 0.29) is 42.7 Å². The molecule has 0 saturated carbocycles. The molecule has 0 atom stereocenters. The van der Waals surface area contributed by atoms with Crippen molar-refractivity contribution in [1.82, 2.24) is 14.5 Å². The van der Waals surface area contributed by atoms with Crippen molar-refractivity contribution in [2.75, 3.05) is 0 Å². The van der Waals surface area contributed by atoms with Gasteiger partial charge in [-0.25, -0.2) is 4.98 Å². The van der Waals surface area contributed by atoms with E-state index in [1.54, 1.807) is 0 Å². The number of benzene rings is 7. The topological polar surface area (TPSA) is 30.7 Å². The van der Waals surface area contributed by atoms with Gasteiger partial charge < -0.3 is 4.57 Å². The Bertz CT molecular complexity index is 3450. The molecule has 348 valence electrons. The standard InChI is InChI=1S/C66H59N3.Pt/c1-63(2)28-30-66(7,8)60-41-54-50-37-56(62-68-32-33-69(62)44-24-16-11-17-25-44)46(43-22-14-10-15-23-43)35-48(50)52-39-58-59(65(5,6)29-27-64(58,3)4)40-53(52)49-36-55(61-26-18-19-31-67-61)45(42-20-12-9-13-21-42)34-47(49)51(54)38-57(60)63;/h9-20,22,24-26,31-41H,27-30H2,1-8H3;/q-2;+2. The van der Waals surface area contributed by atoms with Gasteiger partial charge in [0, 0.05) is 24.3 Å². The summed E-state index contributed by atoms with van der Waals surface area (Å²) in [5.74, 6) is 0.898. The van der Waals surface area contributed by atoms with E-state index < -0.39 is 0 Å². The van der Waals surface area contributed by atoms with Crippen LogP contribution in [0, 0.1) is 12.1 Å². The molecule has 0 aliphatic heterocycles. The first-order valence-corrected chi connectivity index (χ1v) is 24.9. The molecule has 0 N–H and O–H groups in total. The van der Waals surface area contributed by atoms with Crippen LogP contribution >= 0.6 is 0 Å². The van der Waals surface area contributed by atoms with Crippen LogP contribution < -0.4 is 0 Å². The van der Waals surface area contributed by atoms with Crippen molar-refractivity contribution in [3.63, 3.8) is 0 Å². The molecule has 3 aliphatic rings. The Labute approximate surface area is 429 Å². The summed E-state index contributed by atoms with van der Waals surface area (Å²) in [6, 6.07) is 61.4. The monoisotopic (exact) mass is 1090 g/mol. The summed E-state index contributed by atoms with van der Waals surface area (Å²) in [4.78, 5) is 10.3. The summed E-state index contributed by atoms with van der Waals surface area (Å²) in [5, 5.41) is 0. The minimum absolute atomic E-state index is 0. The fraction of sp³-hybridized carbons (Fsp3) is 0.242. The van der Waals surface area contributed by atoms with Gasteiger partial charge in [0.1, 0.15) is 5.82 Å². The average molecular weight is 1090 g/mol. The second-order valence-corrected chi connectivity index (χ2v) is 22.5. The van der Waals surface area contributed by atoms with Crippen LogP contribution in [0.3, 0.4) is 0 Å². The van der Waals surface area contributed by atoms with Crippen molar-refractivity contribution in [1.29, 1.82) is 0 Å². The summed E-state index contributed by atoms with van der Waals surface area (Å²) in [6.07, 6.45) is 10.5. The number of rotatable bonds is 5. The molecular weight excluding hydrogens is 1030 g/mol. The molecule has 3 aliphatic carbocycles. The summed E-state index contributed by atoms with van der Waals surface area (Å²) in [7, 11) is 0. The quantitative estimate of drug-likeness (QED) is 0.161. The zero-order chi connectivity index (χ0) is 47.5. The van der Waals surface area contributed by atoms with E-state index in [1.807, 2.05) is 30.6 Å². The van der Waals surface area contributed by atoms with Gasteiger partial charge in [-0.05, 0) is 174 Å². The van der Waals surface area contributed by atoms with Crippen molar-refractivity contribution >= 4 is 0 Å². The van der Waals surface area contributed by atoms with E-state index in [1.165, 1.54) is 66.8 Å². The first kappa shape index (κ1) is 46.0. The van der Waals surface area contributed by atoms with Crippen LogP contribution in [0.4, 0.5) is 0 Å². The first-order chi connectivity index (χ1) is 33.2. The SMILES string of the molecule is CC1(C)CCC(C)(C)c2cc3c(cc21)-c1cc(-c2[c-]cccc2)c(-c2ccccn2)cc1-c1cc2c(cc1-c1cc(-c4[c-]cccc4)c(-c4nccn4-c4ccccc4)cc1-3)C(C)(C)CCC2(C)C.[Pt+2]. The molecule has 0 saturated heterocycles. The van der Waals surface area contributed by atoms with Crippen LogP contribution in [0.25, 0.3) is 95.1 Å². The summed E-state index contributed by atoms with van der Waals surface area (Å²) in [5.41, 5.74) is 24.1. The van der Waals surface area contributed by atoms with Gasteiger partial charge >= 0.3 is 21.1 Å². The molecule has 0 amide bonds. The van der Waals surface area contributed by atoms with Crippen molar-refractivity contribution in [3.05, 3.63) is 199 Å². The van der Waals surface area contributed by atoms with Gasteiger partial charge in [0.15, 0.2) is 0 Å². The fourth-order valence-corrected chi connectivity index (χ4v) is 12.0. The molecule has 0 bridgehead atoms. The molecule has 0 spiro atoms. The Hall–Kier alpha value is -6.41. The molecule has 12 rings (SSSR count). The predicted molar refractivity (Wildman–Crippen MR) is 287 cm³/mol. The molecular formula is C66H59N3Pt. The third kappa shape index (κ3) is 7.50. The molecule has 0 fully saturated rings. The Balaban J connectivity index is 0.00000533. The van der Waals surface area contributed by atoms with Gasteiger partial charge in [-0.1, -0.05) is 115 Å². The molecule has 0 unspecified atom stereocenters. The van der Waals surface area contributed by atoms with E-state index in [4.69, 9.17) is 9.97 Å². The van der Waals surface area contributed by atoms with E-state index in [0.29, 0.717) is 0 Å². The number of nitrogens with zero attached hydrogens (tertiary/aromatic N) is 3. The Kier molecular flexibility index (Phi) is 11.1. The van der Waals surface area contributed by atoms with E-state index in [0.717, 1.165) is 76.3 Å². The number of para-hydroxylation sites is 1. The molecule has 9 aromatic rings. The minimum Gasteiger partial charge on any atom is -0.300 e. The number of hydrogen-bond acceptors (Lipinski definition) is 2. The van der Waals surface area contributed by atoms with Crippen molar-refractivity contribution in [2.45, 2.75) is 103 Å². The number of imidazole rings is 1. The number of pyridine rings is 1. The number of aromatic nitrogens is 3. The predicted octanol–water partition coefficient (Wildman–Crippen LogP) is 17.2. The molecule has 2 aromatic heterocycles. The van der Waals surface area contributed by atoms with Gasteiger partial charge in [0.05, 0.1) is 5.69 Å². The Morgan fingerprint density at radius 1 is 0.386 bits per heavy atom. The van der Waals surface area contributed by atoms with E-state index in [2.05, 4.69) is 206 Å². The zero-order valence-corrected chi connectivity index (χ0v) is 43.8. The zero-order valence-electron chi connectivity index (χ0n) is 41.6.